The molecule has 0 spiro atoms. The maximum atomic E-state index is 12.9. The van der Waals surface area contributed by atoms with Crippen molar-refractivity contribution in [2.45, 2.75) is 26.8 Å². The fourth-order valence-corrected chi connectivity index (χ4v) is 3.55. The summed E-state index contributed by atoms with van der Waals surface area (Å²) in [6.07, 6.45) is 1.49. The average Bonchev–Trinajstić information content (AvgIpc) is 3.00. The number of nitrogens with zero attached hydrogens (tertiary/aromatic N) is 5. The summed E-state index contributed by atoms with van der Waals surface area (Å²) in [5, 5.41) is 22.5. The number of fused-ring (bicyclic) bond motifs is 3. The predicted octanol–water partition coefficient (Wildman–Crippen LogP) is 2.70. The molecule has 0 fully saturated rings. The van der Waals surface area contributed by atoms with Gasteiger partial charge in [-0.1, -0.05) is 44.2 Å². The standard InChI is InChI=1S/C20H19N5O3/c1-11(2)17(20(27)28)24-10-9-14-16(19(24)26)21-22-18-15(12(3)23-25(14)18)13-7-5-4-6-8-13/h4-11,17H,1-3H3,(H,27,28)/t17-/m0/s1. The Morgan fingerprint density at radius 1 is 1.11 bits per heavy atom. The predicted molar refractivity (Wildman–Crippen MR) is 104 cm³/mol. The van der Waals surface area contributed by atoms with E-state index in [-0.39, 0.29) is 11.4 Å². The highest BCUT2D eigenvalue weighted by atomic mass is 16.4. The summed E-state index contributed by atoms with van der Waals surface area (Å²) in [4.78, 5) is 24.6. The quantitative estimate of drug-likeness (QED) is 0.587. The van der Waals surface area contributed by atoms with Gasteiger partial charge in [0.25, 0.3) is 5.56 Å². The van der Waals surface area contributed by atoms with Crippen molar-refractivity contribution in [2.75, 3.05) is 0 Å². The van der Waals surface area contributed by atoms with Crippen LogP contribution < -0.4 is 5.56 Å². The van der Waals surface area contributed by atoms with E-state index in [0.29, 0.717) is 11.2 Å². The van der Waals surface area contributed by atoms with Crippen LogP contribution in [0.15, 0.2) is 47.4 Å². The second-order valence-electron chi connectivity index (χ2n) is 7.05. The number of hydrogen-bond donors (Lipinski definition) is 1. The van der Waals surface area contributed by atoms with Crippen molar-refractivity contribution in [3.63, 3.8) is 0 Å². The van der Waals surface area contributed by atoms with E-state index in [1.807, 2.05) is 37.3 Å². The van der Waals surface area contributed by atoms with Crippen molar-refractivity contribution in [2.24, 2.45) is 5.92 Å². The second-order valence-corrected chi connectivity index (χ2v) is 7.05. The van der Waals surface area contributed by atoms with Crippen LogP contribution in [0.4, 0.5) is 0 Å². The van der Waals surface area contributed by atoms with Crippen LogP contribution >= 0.6 is 0 Å². The van der Waals surface area contributed by atoms with Gasteiger partial charge < -0.3 is 5.11 Å². The molecule has 0 amide bonds. The molecule has 0 saturated heterocycles. The number of hydrogen-bond acceptors (Lipinski definition) is 5. The first-order chi connectivity index (χ1) is 13.4. The molecule has 0 aliphatic carbocycles. The van der Waals surface area contributed by atoms with E-state index in [0.717, 1.165) is 16.8 Å². The third-order valence-corrected chi connectivity index (χ3v) is 4.83. The number of carboxylic acid groups (broad SMARTS) is 1. The molecule has 142 valence electrons. The Bertz CT molecular complexity index is 1260. The van der Waals surface area contributed by atoms with E-state index in [1.165, 1.54) is 10.8 Å². The number of carboxylic acids is 1. The van der Waals surface area contributed by atoms with Gasteiger partial charge in [-0.2, -0.15) is 5.10 Å². The fourth-order valence-electron chi connectivity index (χ4n) is 3.55. The molecular weight excluding hydrogens is 358 g/mol. The molecule has 0 unspecified atom stereocenters. The molecule has 1 atom stereocenters. The summed E-state index contributed by atoms with van der Waals surface area (Å²) >= 11 is 0. The molecule has 1 N–H and O–H groups in total. The first-order valence-corrected chi connectivity index (χ1v) is 8.95. The largest absolute Gasteiger partial charge is 0.480 e. The van der Waals surface area contributed by atoms with Gasteiger partial charge in [-0.3, -0.25) is 9.36 Å². The van der Waals surface area contributed by atoms with Crippen molar-refractivity contribution in [3.8, 4) is 11.1 Å². The second kappa shape index (κ2) is 6.56. The van der Waals surface area contributed by atoms with Crippen LogP contribution in [0, 0.1) is 12.8 Å². The molecule has 3 heterocycles. The molecule has 8 heteroatoms. The molecule has 0 saturated carbocycles. The molecular formula is C20H19N5O3. The van der Waals surface area contributed by atoms with Crippen LogP contribution in [0.3, 0.4) is 0 Å². The van der Waals surface area contributed by atoms with E-state index in [2.05, 4.69) is 15.3 Å². The summed E-state index contributed by atoms with van der Waals surface area (Å²) < 4.78 is 2.79. The number of aromatic nitrogens is 5. The molecule has 0 aliphatic rings. The smallest absolute Gasteiger partial charge is 0.327 e. The zero-order valence-corrected chi connectivity index (χ0v) is 15.7. The maximum absolute atomic E-state index is 12.9. The molecule has 0 radical (unpaired) electrons. The summed E-state index contributed by atoms with van der Waals surface area (Å²) in [7, 11) is 0. The molecule has 4 aromatic rings. The Morgan fingerprint density at radius 3 is 2.46 bits per heavy atom. The van der Waals surface area contributed by atoms with Crippen LogP contribution in [0.1, 0.15) is 25.6 Å². The van der Waals surface area contributed by atoms with Crippen molar-refractivity contribution >= 4 is 22.6 Å². The monoisotopic (exact) mass is 377 g/mol. The Hall–Kier alpha value is -3.55. The minimum absolute atomic E-state index is 0.0870. The number of aryl methyl sites for hydroxylation is 1. The van der Waals surface area contributed by atoms with Crippen molar-refractivity contribution in [1.29, 1.82) is 0 Å². The van der Waals surface area contributed by atoms with Crippen molar-refractivity contribution < 1.29 is 9.90 Å². The highest BCUT2D eigenvalue weighted by molar-refractivity contribution is 5.84. The minimum atomic E-state index is -1.06. The third kappa shape index (κ3) is 2.65. The average molecular weight is 377 g/mol. The summed E-state index contributed by atoms with van der Waals surface area (Å²) in [5.74, 6) is -1.33. The lowest BCUT2D eigenvalue weighted by Crippen LogP contribution is -2.33. The Balaban J connectivity index is 1.99. The first kappa shape index (κ1) is 17.8. The normalized spacial score (nSPS) is 12.7. The topological polar surface area (TPSA) is 102 Å². The van der Waals surface area contributed by atoms with Gasteiger partial charge in [-0.05, 0) is 24.5 Å². The Kier molecular flexibility index (Phi) is 4.18. The molecule has 1 aromatic carbocycles. The highest BCUT2D eigenvalue weighted by Crippen LogP contribution is 2.28. The van der Waals surface area contributed by atoms with E-state index in [9.17, 15) is 14.7 Å². The highest BCUT2D eigenvalue weighted by Gasteiger charge is 2.26. The Labute approximate surface area is 160 Å². The maximum Gasteiger partial charge on any atom is 0.327 e. The molecule has 4 rings (SSSR count). The van der Waals surface area contributed by atoms with E-state index >= 15 is 0 Å². The van der Waals surface area contributed by atoms with Crippen LogP contribution in [-0.2, 0) is 4.79 Å². The summed E-state index contributed by atoms with van der Waals surface area (Å²) in [5.41, 5.74) is 3.21. The molecule has 8 nitrogen and oxygen atoms in total. The number of pyridine rings is 1. The van der Waals surface area contributed by atoms with Gasteiger partial charge in [0.1, 0.15) is 11.6 Å². The third-order valence-electron chi connectivity index (χ3n) is 4.83. The van der Waals surface area contributed by atoms with Crippen molar-refractivity contribution in [1.82, 2.24) is 24.4 Å². The van der Waals surface area contributed by atoms with E-state index in [4.69, 9.17) is 0 Å². The van der Waals surface area contributed by atoms with Gasteiger partial charge in [0.05, 0.1) is 11.3 Å². The van der Waals surface area contributed by atoms with Gasteiger partial charge in [-0.25, -0.2) is 9.31 Å². The van der Waals surface area contributed by atoms with Crippen LogP contribution in [0.5, 0.6) is 0 Å². The molecule has 3 aromatic heterocycles. The number of carbonyl (C=O) groups is 1. The lowest BCUT2D eigenvalue weighted by atomic mass is 10.0. The van der Waals surface area contributed by atoms with Gasteiger partial charge in [0.15, 0.2) is 11.2 Å². The van der Waals surface area contributed by atoms with Gasteiger partial charge in [-0.15, -0.1) is 10.2 Å². The summed E-state index contributed by atoms with van der Waals surface area (Å²) in [6, 6.07) is 10.4. The number of rotatable bonds is 4. The van der Waals surface area contributed by atoms with Crippen molar-refractivity contribution in [3.05, 3.63) is 58.6 Å². The van der Waals surface area contributed by atoms with Crippen LogP contribution in [0.25, 0.3) is 27.8 Å². The van der Waals surface area contributed by atoms with Gasteiger partial charge in [0.2, 0.25) is 0 Å². The molecule has 0 aliphatic heterocycles. The van der Waals surface area contributed by atoms with Gasteiger partial charge in [0, 0.05) is 6.20 Å². The molecule has 0 bridgehead atoms. The minimum Gasteiger partial charge on any atom is -0.480 e. The van der Waals surface area contributed by atoms with Crippen LogP contribution in [-0.4, -0.2) is 35.5 Å². The lowest BCUT2D eigenvalue weighted by Gasteiger charge is -2.19. The van der Waals surface area contributed by atoms with Crippen LogP contribution in [0.2, 0.25) is 0 Å². The zero-order chi connectivity index (χ0) is 20.0. The fraction of sp³-hybridized carbons (Fsp3) is 0.250. The van der Waals surface area contributed by atoms with E-state index < -0.39 is 17.6 Å². The lowest BCUT2D eigenvalue weighted by molar-refractivity contribution is -0.142. The number of aliphatic carboxylic acids is 1. The van der Waals surface area contributed by atoms with Gasteiger partial charge >= 0.3 is 5.97 Å². The Morgan fingerprint density at radius 2 is 1.82 bits per heavy atom. The summed E-state index contributed by atoms with van der Waals surface area (Å²) in [6.45, 7) is 5.39. The zero-order valence-electron chi connectivity index (χ0n) is 15.7. The number of benzene rings is 1. The van der Waals surface area contributed by atoms with E-state index in [1.54, 1.807) is 24.4 Å². The molecule has 28 heavy (non-hydrogen) atoms. The first-order valence-electron chi connectivity index (χ1n) is 8.95. The SMILES string of the molecule is Cc1nn2c(nnc3c(=O)n([C@H](C(=O)O)C(C)C)ccc32)c1-c1ccccc1.